The predicted octanol–water partition coefficient (Wildman–Crippen LogP) is 14.3. The molecule has 0 saturated heterocycles. The van der Waals surface area contributed by atoms with Crippen molar-refractivity contribution in [1.82, 2.24) is 0 Å². The molecule has 0 radical (unpaired) electrons. The van der Waals surface area contributed by atoms with Gasteiger partial charge in [-0.1, -0.05) is 166 Å². The van der Waals surface area contributed by atoms with Crippen molar-refractivity contribution in [3.63, 3.8) is 0 Å². The molecule has 52 heavy (non-hydrogen) atoms. The summed E-state index contributed by atoms with van der Waals surface area (Å²) in [6, 6.07) is 69.2. The van der Waals surface area contributed by atoms with Gasteiger partial charge in [0.05, 0.1) is 5.69 Å². The van der Waals surface area contributed by atoms with E-state index < -0.39 is 0 Å². The van der Waals surface area contributed by atoms with Gasteiger partial charge < -0.3 is 4.90 Å². The van der Waals surface area contributed by atoms with E-state index in [-0.39, 0.29) is 5.41 Å². The highest BCUT2D eigenvalue weighted by Gasteiger charge is 2.35. The van der Waals surface area contributed by atoms with Gasteiger partial charge in [0.25, 0.3) is 0 Å². The number of anilines is 3. The second-order valence-corrected chi connectivity index (χ2v) is 14.5. The molecular formula is C51H37N. The third-order valence-corrected chi connectivity index (χ3v) is 11.3. The maximum absolute atomic E-state index is 2.44. The molecule has 0 unspecified atom stereocenters. The molecule has 1 nitrogen and oxygen atoms in total. The van der Waals surface area contributed by atoms with Crippen molar-refractivity contribution in [3.8, 4) is 33.4 Å². The highest BCUT2D eigenvalue weighted by atomic mass is 15.1. The van der Waals surface area contributed by atoms with Crippen molar-refractivity contribution in [2.45, 2.75) is 19.3 Å². The lowest BCUT2D eigenvalue weighted by atomic mass is 9.82. The molecule has 1 aliphatic carbocycles. The van der Waals surface area contributed by atoms with E-state index in [0.29, 0.717) is 0 Å². The molecule has 9 aromatic carbocycles. The topological polar surface area (TPSA) is 3.24 Å². The Morgan fingerprint density at radius 3 is 1.77 bits per heavy atom. The van der Waals surface area contributed by atoms with Crippen LogP contribution in [0.2, 0.25) is 0 Å². The van der Waals surface area contributed by atoms with Crippen LogP contribution in [-0.2, 0) is 5.41 Å². The lowest BCUT2D eigenvalue weighted by molar-refractivity contribution is 0.660. The van der Waals surface area contributed by atoms with Gasteiger partial charge >= 0.3 is 0 Å². The predicted molar refractivity (Wildman–Crippen MR) is 222 cm³/mol. The molecule has 0 amide bonds. The SMILES string of the molecule is CC1(C)c2ccccc2-c2ccc(N(c3ccc(-c4cc5c6ccccc6ccc5c5ccccc45)cc3)c3ccccc3-c3ccccc3)cc21. The highest BCUT2D eigenvalue weighted by molar-refractivity contribution is 6.21. The van der Waals surface area contributed by atoms with Gasteiger partial charge in [0.15, 0.2) is 0 Å². The molecule has 0 saturated carbocycles. The van der Waals surface area contributed by atoms with Gasteiger partial charge in [0.1, 0.15) is 0 Å². The standard InChI is InChI=1S/C51H37N/c1-51(2)48-22-12-10-21-44(48)45-31-29-38(32-49(45)51)52(50-23-13-11-18-40(50)34-14-4-3-5-15-34)37-27-24-36(25-28-37)46-33-47-39-17-7-6-16-35(39)26-30-43(47)41-19-8-9-20-42(41)46/h3-33H,1-2H3. The van der Waals surface area contributed by atoms with Gasteiger partial charge in [0, 0.05) is 22.4 Å². The summed E-state index contributed by atoms with van der Waals surface area (Å²) in [4.78, 5) is 2.44. The minimum absolute atomic E-state index is 0.0995. The summed E-state index contributed by atoms with van der Waals surface area (Å²) in [6.07, 6.45) is 0. The fourth-order valence-electron chi connectivity index (χ4n) is 8.68. The molecule has 9 aromatic rings. The Hall–Kier alpha value is -6.44. The molecule has 1 aliphatic rings. The van der Waals surface area contributed by atoms with Gasteiger partial charge in [-0.15, -0.1) is 0 Å². The van der Waals surface area contributed by atoms with Crippen LogP contribution in [0.25, 0.3) is 65.7 Å². The first-order chi connectivity index (χ1) is 25.6. The first kappa shape index (κ1) is 30.4. The van der Waals surface area contributed by atoms with Crippen molar-refractivity contribution in [2.24, 2.45) is 0 Å². The van der Waals surface area contributed by atoms with Gasteiger partial charge in [-0.2, -0.15) is 0 Å². The first-order valence-corrected chi connectivity index (χ1v) is 18.2. The third-order valence-electron chi connectivity index (χ3n) is 11.3. The van der Waals surface area contributed by atoms with Gasteiger partial charge in [-0.3, -0.25) is 0 Å². The van der Waals surface area contributed by atoms with E-state index in [1.54, 1.807) is 0 Å². The van der Waals surface area contributed by atoms with Gasteiger partial charge in [0.2, 0.25) is 0 Å². The van der Waals surface area contributed by atoms with E-state index in [9.17, 15) is 0 Å². The Bertz CT molecular complexity index is 2810. The lowest BCUT2D eigenvalue weighted by Gasteiger charge is -2.30. The van der Waals surface area contributed by atoms with E-state index in [1.165, 1.54) is 76.8 Å². The van der Waals surface area contributed by atoms with E-state index >= 15 is 0 Å². The number of rotatable bonds is 5. The molecule has 0 aromatic heterocycles. The number of benzene rings is 9. The van der Waals surface area contributed by atoms with Crippen molar-refractivity contribution in [2.75, 3.05) is 4.90 Å². The van der Waals surface area contributed by atoms with E-state index in [4.69, 9.17) is 0 Å². The summed E-state index contributed by atoms with van der Waals surface area (Å²) in [7, 11) is 0. The molecule has 0 fully saturated rings. The molecular weight excluding hydrogens is 627 g/mol. The molecule has 0 spiro atoms. The maximum Gasteiger partial charge on any atom is 0.0540 e. The zero-order valence-electron chi connectivity index (χ0n) is 29.3. The quantitative estimate of drug-likeness (QED) is 0.166. The van der Waals surface area contributed by atoms with E-state index in [2.05, 4.69) is 207 Å². The summed E-state index contributed by atoms with van der Waals surface area (Å²) >= 11 is 0. The van der Waals surface area contributed by atoms with Crippen molar-refractivity contribution in [1.29, 1.82) is 0 Å². The van der Waals surface area contributed by atoms with Crippen LogP contribution in [0.4, 0.5) is 17.1 Å². The number of para-hydroxylation sites is 1. The van der Waals surface area contributed by atoms with Gasteiger partial charge in [-0.25, -0.2) is 0 Å². The Balaban J connectivity index is 1.16. The third kappa shape index (κ3) is 4.70. The fraction of sp³-hybridized carbons (Fsp3) is 0.0588. The minimum atomic E-state index is -0.0995. The Morgan fingerprint density at radius 1 is 0.346 bits per heavy atom. The molecule has 0 bridgehead atoms. The van der Waals surface area contributed by atoms with E-state index in [0.717, 1.165) is 17.1 Å². The second-order valence-electron chi connectivity index (χ2n) is 14.5. The maximum atomic E-state index is 2.44. The van der Waals surface area contributed by atoms with Crippen LogP contribution in [0, 0.1) is 0 Å². The van der Waals surface area contributed by atoms with Crippen LogP contribution in [-0.4, -0.2) is 0 Å². The van der Waals surface area contributed by atoms with Crippen molar-refractivity contribution in [3.05, 3.63) is 199 Å². The lowest BCUT2D eigenvalue weighted by Crippen LogP contribution is -2.16. The molecule has 0 N–H and O–H groups in total. The van der Waals surface area contributed by atoms with Crippen molar-refractivity contribution >= 4 is 49.4 Å². The molecule has 10 rings (SSSR count). The Morgan fingerprint density at radius 2 is 0.942 bits per heavy atom. The number of nitrogens with zero attached hydrogens (tertiary/aromatic N) is 1. The molecule has 1 heteroatoms. The average Bonchev–Trinajstić information content (AvgIpc) is 3.44. The Kier molecular flexibility index (Phi) is 6.91. The number of hydrogen-bond donors (Lipinski definition) is 0. The van der Waals surface area contributed by atoms with Crippen LogP contribution in [0.5, 0.6) is 0 Å². The minimum Gasteiger partial charge on any atom is -0.310 e. The average molecular weight is 664 g/mol. The number of hydrogen-bond acceptors (Lipinski definition) is 1. The second kappa shape index (κ2) is 11.8. The summed E-state index contributed by atoms with van der Waals surface area (Å²) < 4.78 is 0. The normalized spacial score (nSPS) is 13.0. The molecule has 0 heterocycles. The smallest absolute Gasteiger partial charge is 0.0540 e. The highest BCUT2D eigenvalue weighted by Crippen LogP contribution is 2.51. The van der Waals surface area contributed by atoms with Crippen LogP contribution >= 0.6 is 0 Å². The summed E-state index contributed by atoms with van der Waals surface area (Å²) in [5.41, 5.74) is 13.6. The van der Waals surface area contributed by atoms with Crippen molar-refractivity contribution < 1.29 is 0 Å². The molecule has 0 atom stereocenters. The van der Waals surface area contributed by atoms with Crippen LogP contribution in [0.1, 0.15) is 25.0 Å². The summed E-state index contributed by atoms with van der Waals surface area (Å²) in [5, 5.41) is 7.68. The van der Waals surface area contributed by atoms with Crippen LogP contribution < -0.4 is 4.90 Å². The largest absolute Gasteiger partial charge is 0.310 e. The zero-order valence-corrected chi connectivity index (χ0v) is 29.3. The molecule has 246 valence electrons. The van der Waals surface area contributed by atoms with Crippen LogP contribution in [0.3, 0.4) is 0 Å². The zero-order chi connectivity index (χ0) is 34.8. The van der Waals surface area contributed by atoms with E-state index in [1.807, 2.05) is 0 Å². The fourth-order valence-corrected chi connectivity index (χ4v) is 8.68. The van der Waals surface area contributed by atoms with Crippen LogP contribution in [0.15, 0.2) is 188 Å². The Labute approximate surface area is 305 Å². The molecule has 0 aliphatic heterocycles. The summed E-state index contributed by atoms with van der Waals surface area (Å²) in [6.45, 7) is 4.71. The first-order valence-electron chi connectivity index (χ1n) is 18.2. The monoisotopic (exact) mass is 663 g/mol. The number of fused-ring (bicyclic) bond motifs is 8. The summed E-state index contributed by atoms with van der Waals surface area (Å²) in [5.74, 6) is 0. The van der Waals surface area contributed by atoms with Gasteiger partial charge in [-0.05, 0) is 108 Å².